The normalized spacial score (nSPS) is 10.9. The van der Waals surface area contributed by atoms with Crippen LogP contribution in [0.3, 0.4) is 0 Å². The maximum atomic E-state index is 12.5. The van der Waals surface area contributed by atoms with Gasteiger partial charge in [0.2, 0.25) is 5.95 Å². The fourth-order valence-electron chi connectivity index (χ4n) is 2.85. The summed E-state index contributed by atoms with van der Waals surface area (Å²) in [5.41, 5.74) is 2.48. The van der Waals surface area contributed by atoms with Crippen LogP contribution in [-0.4, -0.2) is 20.8 Å². The van der Waals surface area contributed by atoms with Crippen LogP contribution < -0.4 is 10.9 Å². The molecule has 0 bridgehead atoms. The van der Waals surface area contributed by atoms with Crippen LogP contribution in [0.5, 0.6) is 0 Å². The van der Waals surface area contributed by atoms with Gasteiger partial charge in [0.05, 0.1) is 6.54 Å². The molecule has 2 aromatic heterocycles. The summed E-state index contributed by atoms with van der Waals surface area (Å²) in [5, 5.41) is 4.01. The molecule has 0 unspecified atom stereocenters. The van der Waals surface area contributed by atoms with Crippen molar-refractivity contribution in [2.75, 3.05) is 11.6 Å². The lowest BCUT2D eigenvalue weighted by molar-refractivity contribution is 0.781. The summed E-state index contributed by atoms with van der Waals surface area (Å²) in [6, 6.07) is 21.3. The van der Waals surface area contributed by atoms with E-state index in [2.05, 4.69) is 27.4 Å². The lowest BCUT2D eigenvalue weighted by atomic mass is 10.2. The fourth-order valence-corrected chi connectivity index (χ4v) is 3.26. The van der Waals surface area contributed by atoms with Gasteiger partial charge in [-0.1, -0.05) is 30.3 Å². The van der Waals surface area contributed by atoms with Gasteiger partial charge in [0.1, 0.15) is 5.65 Å². The average molecular weight is 374 g/mol. The standard InChI is InChI=1S/C21H18N4OS/c1-27-18-10-7-15(8-11-18)14-25-19(26)12-9-16-13-22-21(24-20(16)25)23-17-5-3-2-4-6-17/h2-13H,14H2,1H3,(H,22,23,24). The van der Waals surface area contributed by atoms with Gasteiger partial charge in [0, 0.05) is 28.2 Å². The second kappa shape index (κ2) is 7.63. The quantitative estimate of drug-likeness (QED) is 0.528. The largest absolute Gasteiger partial charge is 0.324 e. The number of thioether (sulfide) groups is 1. The van der Waals surface area contributed by atoms with Crippen LogP contribution in [0.15, 0.2) is 82.6 Å². The molecule has 4 rings (SSSR count). The lowest BCUT2D eigenvalue weighted by Crippen LogP contribution is -2.21. The smallest absolute Gasteiger partial charge is 0.252 e. The van der Waals surface area contributed by atoms with Gasteiger partial charge in [-0.05, 0) is 42.2 Å². The number of benzene rings is 2. The second-order valence-electron chi connectivity index (χ2n) is 6.07. The Morgan fingerprint density at radius 1 is 1.00 bits per heavy atom. The van der Waals surface area contributed by atoms with Crippen LogP contribution in [0.1, 0.15) is 5.56 Å². The van der Waals surface area contributed by atoms with E-state index in [9.17, 15) is 4.79 Å². The molecule has 2 heterocycles. The molecule has 0 aliphatic carbocycles. The average Bonchev–Trinajstić information content (AvgIpc) is 2.71. The number of nitrogens with zero attached hydrogens (tertiary/aromatic N) is 3. The third-order valence-corrected chi connectivity index (χ3v) is 5.00. The van der Waals surface area contributed by atoms with E-state index in [-0.39, 0.29) is 5.56 Å². The monoisotopic (exact) mass is 374 g/mol. The number of fused-ring (bicyclic) bond motifs is 1. The zero-order valence-electron chi connectivity index (χ0n) is 14.8. The predicted molar refractivity (Wildman–Crippen MR) is 111 cm³/mol. The van der Waals surface area contributed by atoms with Gasteiger partial charge in [0.15, 0.2) is 0 Å². The van der Waals surface area contributed by atoms with E-state index < -0.39 is 0 Å². The third-order valence-electron chi connectivity index (χ3n) is 4.25. The van der Waals surface area contributed by atoms with Crippen molar-refractivity contribution in [2.24, 2.45) is 0 Å². The molecular formula is C21H18N4OS. The Morgan fingerprint density at radius 3 is 2.52 bits per heavy atom. The molecule has 0 saturated carbocycles. The molecule has 0 radical (unpaired) electrons. The molecule has 6 heteroatoms. The Hall–Kier alpha value is -3.12. The number of rotatable bonds is 5. The molecule has 0 atom stereocenters. The zero-order chi connectivity index (χ0) is 18.6. The van der Waals surface area contributed by atoms with Crippen molar-refractivity contribution in [2.45, 2.75) is 11.4 Å². The van der Waals surface area contributed by atoms with Crippen molar-refractivity contribution in [3.05, 3.63) is 88.8 Å². The highest BCUT2D eigenvalue weighted by atomic mass is 32.2. The number of anilines is 2. The van der Waals surface area contributed by atoms with E-state index in [1.807, 2.05) is 48.7 Å². The van der Waals surface area contributed by atoms with Crippen LogP contribution in [0.2, 0.25) is 0 Å². The lowest BCUT2D eigenvalue weighted by Gasteiger charge is -2.11. The summed E-state index contributed by atoms with van der Waals surface area (Å²) < 4.78 is 1.68. The number of nitrogens with one attached hydrogen (secondary N) is 1. The van der Waals surface area contributed by atoms with Gasteiger partial charge >= 0.3 is 0 Å². The number of hydrogen-bond acceptors (Lipinski definition) is 5. The Labute approximate surface area is 161 Å². The first-order valence-electron chi connectivity index (χ1n) is 8.54. The van der Waals surface area contributed by atoms with Crippen LogP contribution in [0.4, 0.5) is 11.6 Å². The van der Waals surface area contributed by atoms with Crippen LogP contribution >= 0.6 is 11.8 Å². The molecule has 0 aliphatic heterocycles. The van der Waals surface area contributed by atoms with Gasteiger partial charge < -0.3 is 5.32 Å². The van der Waals surface area contributed by atoms with Crippen molar-refractivity contribution >= 4 is 34.4 Å². The summed E-state index contributed by atoms with van der Waals surface area (Å²) in [6.45, 7) is 0.465. The molecule has 134 valence electrons. The van der Waals surface area contributed by atoms with E-state index in [1.54, 1.807) is 34.7 Å². The number of para-hydroxylation sites is 1. The minimum absolute atomic E-state index is 0.0826. The molecule has 1 N–H and O–H groups in total. The van der Waals surface area contributed by atoms with Crippen LogP contribution in [-0.2, 0) is 6.54 Å². The summed E-state index contributed by atoms with van der Waals surface area (Å²) in [7, 11) is 0. The van der Waals surface area contributed by atoms with Crippen molar-refractivity contribution in [3.63, 3.8) is 0 Å². The number of pyridine rings is 1. The second-order valence-corrected chi connectivity index (χ2v) is 6.95. The molecule has 0 aliphatic rings. The highest BCUT2D eigenvalue weighted by Gasteiger charge is 2.08. The zero-order valence-corrected chi connectivity index (χ0v) is 15.6. The molecule has 2 aromatic carbocycles. The first kappa shape index (κ1) is 17.3. The third kappa shape index (κ3) is 3.85. The Morgan fingerprint density at radius 2 is 1.78 bits per heavy atom. The number of hydrogen-bond donors (Lipinski definition) is 1. The molecule has 5 nitrogen and oxygen atoms in total. The molecule has 27 heavy (non-hydrogen) atoms. The van der Waals surface area contributed by atoms with Gasteiger partial charge in [-0.2, -0.15) is 4.98 Å². The Balaban J connectivity index is 1.72. The molecule has 0 saturated heterocycles. The summed E-state index contributed by atoms with van der Waals surface area (Å²) in [4.78, 5) is 22.7. The van der Waals surface area contributed by atoms with Crippen LogP contribution in [0.25, 0.3) is 11.0 Å². The summed E-state index contributed by atoms with van der Waals surface area (Å²) in [5.74, 6) is 0.464. The molecule has 0 spiro atoms. The van der Waals surface area contributed by atoms with Crippen molar-refractivity contribution in [3.8, 4) is 0 Å². The number of aromatic nitrogens is 3. The molecule has 0 fully saturated rings. The molecule has 0 amide bonds. The Kier molecular flexibility index (Phi) is 4.89. The molecule has 4 aromatic rings. The first-order chi connectivity index (χ1) is 13.2. The summed E-state index contributed by atoms with van der Waals surface area (Å²) in [6.07, 6.45) is 3.78. The van der Waals surface area contributed by atoms with Crippen molar-refractivity contribution in [1.29, 1.82) is 0 Å². The first-order valence-corrected chi connectivity index (χ1v) is 9.77. The van der Waals surface area contributed by atoms with Gasteiger partial charge in [-0.3, -0.25) is 9.36 Å². The highest BCUT2D eigenvalue weighted by Crippen LogP contribution is 2.18. The van der Waals surface area contributed by atoms with E-state index in [0.29, 0.717) is 18.1 Å². The summed E-state index contributed by atoms with van der Waals surface area (Å²) >= 11 is 1.69. The van der Waals surface area contributed by atoms with Gasteiger partial charge in [-0.25, -0.2) is 4.98 Å². The maximum Gasteiger partial charge on any atom is 0.252 e. The van der Waals surface area contributed by atoms with Gasteiger partial charge in [-0.15, -0.1) is 11.8 Å². The topological polar surface area (TPSA) is 59.8 Å². The SMILES string of the molecule is CSc1ccc(Cn2c(=O)ccc3cnc(Nc4ccccc4)nc32)cc1. The predicted octanol–water partition coefficient (Wildman–Crippen LogP) is 4.31. The highest BCUT2D eigenvalue weighted by molar-refractivity contribution is 7.98. The van der Waals surface area contributed by atoms with E-state index in [4.69, 9.17) is 0 Å². The van der Waals surface area contributed by atoms with Gasteiger partial charge in [0.25, 0.3) is 5.56 Å². The van der Waals surface area contributed by atoms with Crippen molar-refractivity contribution in [1.82, 2.24) is 14.5 Å². The maximum absolute atomic E-state index is 12.5. The molecular weight excluding hydrogens is 356 g/mol. The van der Waals surface area contributed by atoms with E-state index in [1.165, 1.54) is 4.90 Å². The van der Waals surface area contributed by atoms with E-state index >= 15 is 0 Å². The Bertz CT molecular complexity index is 1120. The fraction of sp³-hybridized carbons (Fsp3) is 0.0952. The minimum Gasteiger partial charge on any atom is -0.324 e. The van der Waals surface area contributed by atoms with Crippen LogP contribution in [0, 0.1) is 0 Å². The van der Waals surface area contributed by atoms with Crippen molar-refractivity contribution < 1.29 is 0 Å². The minimum atomic E-state index is -0.0826. The van der Waals surface area contributed by atoms with E-state index in [0.717, 1.165) is 16.6 Å².